The highest BCUT2D eigenvalue weighted by Gasteiger charge is 2.28. The van der Waals surface area contributed by atoms with Gasteiger partial charge in [-0.15, -0.1) is 0 Å². The van der Waals surface area contributed by atoms with Crippen molar-refractivity contribution < 1.29 is 14.3 Å². The lowest BCUT2D eigenvalue weighted by atomic mass is 9.96. The molecule has 0 bridgehead atoms. The fourth-order valence-corrected chi connectivity index (χ4v) is 4.42. The summed E-state index contributed by atoms with van der Waals surface area (Å²) in [6.07, 6.45) is 6.74. The number of esters is 1. The number of likely N-dealkylation sites (tertiary alicyclic amines) is 1. The predicted molar refractivity (Wildman–Crippen MR) is 116 cm³/mol. The van der Waals surface area contributed by atoms with Crippen LogP contribution in [-0.2, 0) is 9.53 Å². The van der Waals surface area contributed by atoms with Crippen molar-refractivity contribution in [3.63, 3.8) is 0 Å². The zero-order valence-corrected chi connectivity index (χ0v) is 17.8. The molecular weight excluding hydrogens is 372 g/mol. The molecule has 0 saturated carbocycles. The van der Waals surface area contributed by atoms with Gasteiger partial charge < -0.3 is 15.4 Å². The van der Waals surface area contributed by atoms with E-state index >= 15 is 0 Å². The SMILES string of the molecule is C/C=C(\S/C(=C/CC)C1CCCN(C(=O)c2ccccc2N)C1)C(=O)OCC. The van der Waals surface area contributed by atoms with Crippen LogP contribution in [0.3, 0.4) is 0 Å². The van der Waals surface area contributed by atoms with Crippen LogP contribution in [0.5, 0.6) is 0 Å². The third-order valence-electron chi connectivity index (χ3n) is 4.67. The summed E-state index contributed by atoms with van der Waals surface area (Å²) in [6, 6.07) is 7.20. The number of nitrogen functional groups attached to an aromatic ring is 1. The maximum atomic E-state index is 13.0. The van der Waals surface area contributed by atoms with Crippen molar-refractivity contribution in [1.82, 2.24) is 4.90 Å². The first-order chi connectivity index (χ1) is 13.5. The Bertz CT molecular complexity index is 758. The molecule has 0 spiro atoms. The lowest BCUT2D eigenvalue weighted by Crippen LogP contribution is -2.40. The Labute approximate surface area is 172 Å². The van der Waals surface area contributed by atoms with Gasteiger partial charge in [-0.25, -0.2) is 4.79 Å². The standard InChI is InChI=1S/C22H30N2O3S/c1-4-10-20(28-19(5-2)22(26)27-6-3)16-11-9-14-24(15-16)21(25)17-12-7-8-13-18(17)23/h5,7-8,10,12-13,16H,4,6,9,11,14-15,23H2,1-3H3/b19-5-,20-10+. The number of allylic oxidation sites excluding steroid dienone is 2. The van der Waals surface area contributed by atoms with Crippen molar-refractivity contribution in [2.45, 2.75) is 40.0 Å². The average molecular weight is 403 g/mol. The van der Waals surface area contributed by atoms with E-state index in [1.807, 2.05) is 24.0 Å². The zero-order chi connectivity index (χ0) is 20.5. The molecule has 0 aromatic heterocycles. The lowest BCUT2D eigenvalue weighted by Gasteiger charge is -2.34. The molecule has 2 rings (SSSR count). The first kappa shape index (κ1) is 22.1. The Morgan fingerprint density at radius 3 is 2.71 bits per heavy atom. The van der Waals surface area contributed by atoms with Crippen molar-refractivity contribution in [2.75, 3.05) is 25.4 Å². The topological polar surface area (TPSA) is 72.6 Å². The van der Waals surface area contributed by atoms with Gasteiger partial charge in [0.2, 0.25) is 0 Å². The zero-order valence-electron chi connectivity index (χ0n) is 16.9. The monoisotopic (exact) mass is 402 g/mol. The van der Waals surface area contributed by atoms with Gasteiger partial charge in [-0.05, 0) is 50.1 Å². The van der Waals surface area contributed by atoms with Crippen molar-refractivity contribution in [2.24, 2.45) is 5.92 Å². The number of anilines is 1. The van der Waals surface area contributed by atoms with Gasteiger partial charge in [-0.2, -0.15) is 0 Å². The number of carbonyl (C=O) groups excluding carboxylic acids is 2. The third-order valence-corrected chi connectivity index (χ3v) is 6.03. The van der Waals surface area contributed by atoms with Gasteiger partial charge >= 0.3 is 5.97 Å². The number of amides is 1. The van der Waals surface area contributed by atoms with E-state index in [9.17, 15) is 9.59 Å². The second-order valence-electron chi connectivity index (χ2n) is 6.67. The number of hydrogen-bond donors (Lipinski definition) is 1. The van der Waals surface area contributed by atoms with Gasteiger partial charge in [0.25, 0.3) is 5.91 Å². The van der Waals surface area contributed by atoms with Crippen LogP contribution < -0.4 is 5.73 Å². The van der Waals surface area contributed by atoms with Gasteiger partial charge in [0.15, 0.2) is 0 Å². The summed E-state index contributed by atoms with van der Waals surface area (Å²) in [5.41, 5.74) is 7.05. The average Bonchev–Trinajstić information content (AvgIpc) is 2.71. The van der Waals surface area contributed by atoms with E-state index in [-0.39, 0.29) is 17.8 Å². The van der Waals surface area contributed by atoms with Crippen LogP contribution in [-0.4, -0.2) is 36.5 Å². The molecule has 0 aliphatic carbocycles. The fourth-order valence-electron chi connectivity index (χ4n) is 3.30. The number of carbonyl (C=O) groups is 2. The van der Waals surface area contributed by atoms with E-state index in [1.54, 1.807) is 25.1 Å². The molecule has 1 aliphatic rings. The smallest absolute Gasteiger partial charge is 0.344 e. The number of nitrogens with zero attached hydrogens (tertiary/aromatic N) is 1. The molecule has 1 heterocycles. The molecule has 2 N–H and O–H groups in total. The van der Waals surface area contributed by atoms with Crippen molar-refractivity contribution in [1.29, 1.82) is 0 Å². The second-order valence-corrected chi connectivity index (χ2v) is 7.78. The van der Waals surface area contributed by atoms with Gasteiger partial charge in [0, 0.05) is 24.7 Å². The van der Waals surface area contributed by atoms with Crippen LogP contribution in [0.4, 0.5) is 5.69 Å². The highest BCUT2D eigenvalue weighted by atomic mass is 32.2. The number of thioether (sulfide) groups is 1. The van der Waals surface area contributed by atoms with Gasteiger partial charge in [-0.3, -0.25) is 4.79 Å². The van der Waals surface area contributed by atoms with Crippen molar-refractivity contribution in [3.05, 3.63) is 51.8 Å². The fraction of sp³-hybridized carbons (Fsp3) is 0.455. The number of rotatable bonds is 7. The van der Waals surface area contributed by atoms with E-state index in [4.69, 9.17) is 10.5 Å². The van der Waals surface area contributed by atoms with Crippen LogP contribution in [0, 0.1) is 5.92 Å². The van der Waals surface area contributed by atoms with E-state index < -0.39 is 0 Å². The van der Waals surface area contributed by atoms with Crippen LogP contribution in [0.2, 0.25) is 0 Å². The Morgan fingerprint density at radius 1 is 1.32 bits per heavy atom. The van der Waals surface area contributed by atoms with Crippen molar-refractivity contribution in [3.8, 4) is 0 Å². The molecule has 1 aromatic carbocycles. The molecule has 152 valence electrons. The molecule has 28 heavy (non-hydrogen) atoms. The van der Waals surface area contributed by atoms with Crippen molar-refractivity contribution >= 4 is 29.3 Å². The van der Waals surface area contributed by atoms with Gasteiger partial charge in [0.1, 0.15) is 0 Å². The number of para-hydroxylation sites is 1. The summed E-state index contributed by atoms with van der Waals surface area (Å²) in [5.74, 6) is -0.116. The van der Waals surface area contributed by atoms with E-state index in [0.29, 0.717) is 29.3 Å². The van der Waals surface area contributed by atoms with Crippen LogP contribution >= 0.6 is 11.8 Å². The van der Waals surface area contributed by atoms with Gasteiger partial charge in [0.05, 0.1) is 17.1 Å². The number of hydrogen-bond acceptors (Lipinski definition) is 5. The molecule has 5 nitrogen and oxygen atoms in total. The lowest BCUT2D eigenvalue weighted by molar-refractivity contribution is -0.137. The predicted octanol–water partition coefficient (Wildman–Crippen LogP) is 4.62. The molecule has 1 fully saturated rings. The van der Waals surface area contributed by atoms with E-state index in [0.717, 1.165) is 30.7 Å². The quantitative estimate of drug-likeness (QED) is 0.409. The maximum Gasteiger partial charge on any atom is 0.344 e. The molecular formula is C22H30N2O3S. The Morgan fingerprint density at radius 2 is 2.07 bits per heavy atom. The Kier molecular flexibility index (Phi) is 8.64. The molecule has 6 heteroatoms. The number of benzene rings is 1. The Hall–Kier alpha value is -2.21. The number of nitrogens with two attached hydrogens (primary N) is 1. The molecule has 1 saturated heterocycles. The van der Waals surface area contributed by atoms with Crippen LogP contribution in [0.15, 0.2) is 46.2 Å². The number of ether oxygens (including phenoxy) is 1. The molecule has 1 aromatic rings. The molecule has 1 unspecified atom stereocenters. The minimum absolute atomic E-state index is 0.0275. The summed E-state index contributed by atoms with van der Waals surface area (Å²) in [5, 5.41) is 0. The minimum atomic E-state index is -0.294. The highest BCUT2D eigenvalue weighted by molar-refractivity contribution is 8.07. The second kappa shape index (κ2) is 11.0. The van der Waals surface area contributed by atoms with E-state index in [2.05, 4.69) is 13.0 Å². The summed E-state index contributed by atoms with van der Waals surface area (Å²) >= 11 is 1.47. The minimum Gasteiger partial charge on any atom is -0.462 e. The largest absolute Gasteiger partial charge is 0.462 e. The summed E-state index contributed by atoms with van der Waals surface area (Å²) < 4.78 is 5.16. The van der Waals surface area contributed by atoms with Gasteiger partial charge in [-0.1, -0.05) is 43.0 Å². The normalized spacial score (nSPS) is 18.1. The third kappa shape index (κ3) is 5.64. The molecule has 0 radical (unpaired) electrons. The molecule has 1 aliphatic heterocycles. The van der Waals surface area contributed by atoms with E-state index in [1.165, 1.54) is 11.8 Å². The molecule has 1 amide bonds. The maximum absolute atomic E-state index is 13.0. The van der Waals surface area contributed by atoms with Crippen LogP contribution in [0.1, 0.15) is 50.4 Å². The summed E-state index contributed by atoms with van der Waals surface area (Å²) in [7, 11) is 0. The summed E-state index contributed by atoms with van der Waals surface area (Å²) in [6.45, 7) is 7.44. The first-order valence-electron chi connectivity index (χ1n) is 9.86. The molecule has 1 atom stereocenters. The van der Waals surface area contributed by atoms with Crippen LogP contribution in [0.25, 0.3) is 0 Å². The summed E-state index contributed by atoms with van der Waals surface area (Å²) in [4.78, 5) is 28.7. The highest BCUT2D eigenvalue weighted by Crippen LogP contribution is 2.37. The first-order valence-corrected chi connectivity index (χ1v) is 10.7. The number of piperidine rings is 1. The Balaban J connectivity index is 2.15.